The monoisotopic (exact) mass is 282 g/mol. The standard InChI is InChI=1S/C11H7ClN2O3S/c12-8-3-6(1-2-7(8)11(16)17)14-10(15)9-4-13-5-18-9/h1-5H,(H,14,15)(H,16,17). The van der Waals surface area contributed by atoms with Crippen molar-refractivity contribution in [1.29, 1.82) is 0 Å². The molecule has 0 spiro atoms. The smallest absolute Gasteiger partial charge is 0.337 e. The van der Waals surface area contributed by atoms with Crippen molar-refractivity contribution in [2.75, 3.05) is 5.32 Å². The van der Waals surface area contributed by atoms with Crippen molar-refractivity contribution in [2.45, 2.75) is 0 Å². The lowest BCUT2D eigenvalue weighted by molar-refractivity contribution is 0.0697. The van der Waals surface area contributed by atoms with E-state index in [0.717, 1.165) is 0 Å². The number of hydrogen-bond acceptors (Lipinski definition) is 4. The molecule has 7 heteroatoms. The molecule has 0 unspecified atom stereocenters. The fourth-order valence-corrected chi connectivity index (χ4v) is 2.06. The molecule has 2 N–H and O–H groups in total. The summed E-state index contributed by atoms with van der Waals surface area (Å²) in [4.78, 5) is 26.7. The minimum absolute atomic E-state index is 0.00699. The van der Waals surface area contributed by atoms with E-state index in [1.807, 2.05) is 0 Å². The van der Waals surface area contributed by atoms with Crippen LogP contribution in [0.2, 0.25) is 5.02 Å². The Labute approximate surface area is 111 Å². The lowest BCUT2D eigenvalue weighted by Gasteiger charge is -2.05. The van der Waals surface area contributed by atoms with Gasteiger partial charge in [0.15, 0.2) is 0 Å². The summed E-state index contributed by atoms with van der Waals surface area (Å²) in [6.45, 7) is 0. The van der Waals surface area contributed by atoms with Crippen LogP contribution in [0.3, 0.4) is 0 Å². The number of rotatable bonds is 3. The van der Waals surface area contributed by atoms with Gasteiger partial charge in [-0.25, -0.2) is 4.79 Å². The molecule has 2 rings (SSSR count). The second-order valence-electron chi connectivity index (χ2n) is 3.32. The predicted octanol–water partition coefficient (Wildman–Crippen LogP) is 2.75. The van der Waals surface area contributed by atoms with Gasteiger partial charge in [0.1, 0.15) is 4.88 Å². The van der Waals surface area contributed by atoms with Gasteiger partial charge in [-0.1, -0.05) is 11.6 Å². The normalized spacial score (nSPS) is 10.1. The number of benzene rings is 1. The van der Waals surface area contributed by atoms with Gasteiger partial charge in [-0.3, -0.25) is 9.78 Å². The highest BCUT2D eigenvalue weighted by Crippen LogP contribution is 2.21. The molecule has 0 bridgehead atoms. The minimum Gasteiger partial charge on any atom is -0.478 e. The van der Waals surface area contributed by atoms with E-state index in [9.17, 15) is 9.59 Å². The second-order valence-corrected chi connectivity index (χ2v) is 4.61. The van der Waals surface area contributed by atoms with Crippen LogP contribution < -0.4 is 5.32 Å². The third-order valence-electron chi connectivity index (χ3n) is 2.11. The Kier molecular flexibility index (Phi) is 3.59. The molecule has 1 heterocycles. The van der Waals surface area contributed by atoms with Gasteiger partial charge in [0.2, 0.25) is 0 Å². The Morgan fingerprint density at radius 3 is 2.72 bits per heavy atom. The van der Waals surface area contributed by atoms with Gasteiger partial charge in [-0.15, -0.1) is 11.3 Å². The number of carboxylic acid groups (broad SMARTS) is 1. The van der Waals surface area contributed by atoms with E-state index in [0.29, 0.717) is 10.6 Å². The number of anilines is 1. The fourth-order valence-electron chi connectivity index (χ4n) is 1.29. The van der Waals surface area contributed by atoms with E-state index in [2.05, 4.69) is 10.3 Å². The van der Waals surface area contributed by atoms with Gasteiger partial charge in [-0.2, -0.15) is 0 Å². The number of carbonyl (C=O) groups excluding carboxylic acids is 1. The molecule has 0 radical (unpaired) electrons. The zero-order chi connectivity index (χ0) is 13.1. The zero-order valence-electron chi connectivity index (χ0n) is 8.88. The molecule has 0 aliphatic carbocycles. The number of thiazole rings is 1. The van der Waals surface area contributed by atoms with Crippen LogP contribution in [0, 0.1) is 0 Å². The van der Waals surface area contributed by atoms with Crippen molar-refractivity contribution in [3.63, 3.8) is 0 Å². The Morgan fingerprint density at radius 2 is 2.17 bits per heavy atom. The summed E-state index contributed by atoms with van der Waals surface area (Å²) in [5.41, 5.74) is 1.98. The van der Waals surface area contributed by atoms with Gasteiger partial charge < -0.3 is 10.4 Å². The average Bonchev–Trinajstić information content (AvgIpc) is 2.81. The Bertz CT molecular complexity index is 598. The Balaban J connectivity index is 2.18. The molecular formula is C11H7ClN2O3S. The van der Waals surface area contributed by atoms with Crippen LogP contribution in [-0.4, -0.2) is 22.0 Å². The molecule has 0 saturated heterocycles. The molecule has 0 aliphatic heterocycles. The summed E-state index contributed by atoms with van der Waals surface area (Å²) >= 11 is 7.00. The van der Waals surface area contributed by atoms with Crippen molar-refractivity contribution in [2.24, 2.45) is 0 Å². The topological polar surface area (TPSA) is 79.3 Å². The van der Waals surface area contributed by atoms with Crippen LogP contribution >= 0.6 is 22.9 Å². The molecule has 0 aliphatic rings. The number of aromatic carboxylic acids is 1. The maximum absolute atomic E-state index is 11.7. The number of carbonyl (C=O) groups is 2. The summed E-state index contributed by atoms with van der Waals surface area (Å²) < 4.78 is 0. The second kappa shape index (κ2) is 5.16. The molecule has 1 amide bonds. The van der Waals surface area contributed by atoms with Crippen LogP contribution in [0.25, 0.3) is 0 Å². The summed E-state index contributed by atoms with van der Waals surface area (Å²) in [6, 6.07) is 4.21. The summed E-state index contributed by atoms with van der Waals surface area (Å²) in [5, 5.41) is 11.5. The molecule has 1 aromatic heterocycles. The van der Waals surface area contributed by atoms with Crippen molar-refractivity contribution >= 4 is 40.5 Å². The average molecular weight is 283 g/mol. The van der Waals surface area contributed by atoms with Crippen molar-refractivity contribution < 1.29 is 14.7 Å². The van der Waals surface area contributed by atoms with Crippen molar-refractivity contribution in [1.82, 2.24) is 4.98 Å². The highest BCUT2D eigenvalue weighted by Gasteiger charge is 2.11. The van der Waals surface area contributed by atoms with Crippen LogP contribution in [0.1, 0.15) is 20.0 Å². The summed E-state index contributed by atoms with van der Waals surface area (Å²) in [6.07, 6.45) is 1.45. The molecule has 18 heavy (non-hydrogen) atoms. The van der Waals surface area contributed by atoms with E-state index in [-0.39, 0.29) is 16.5 Å². The Hall–Kier alpha value is -1.92. The van der Waals surface area contributed by atoms with E-state index in [1.54, 1.807) is 5.51 Å². The molecule has 0 fully saturated rings. The van der Waals surface area contributed by atoms with Crippen LogP contribution in [0.15, 0.2) is 29.9 Å². The maximum Gasteiger partial charge on any atom is 0.337 e. The molecular weight excluding hydrogens is 276 g/mol. The molecule has 0 saturated carbocycles. The third kappa shape index (κ3) is 2.66. The van der Waals surface area contributed by atoms with E-state index < -0.39 is 5.97 Å². The van der Waals surface area contributed by atoms with E-state index in [1.165, 1.54) is 35.7 Å². The van der Waals surface area contributed by atoms with Gasteiger partial charge in [-0.05, 0) is 18.2 Å². The highest BCUT2D eigenvalue weighted by atomic mass is 35.5. The third-order valence-corrected chi connectivity index (χ3v) is 3.20. The van der Waals surface area contributed by atoms with Crippen molar-refractivity contribution in [3.05, 3.63) is 45.4 Å². The molecule has 2 aromatic rings. The number of hydrogen-bond donors (Lipinski definition) is 2. The highest BCUT2D eigenvalue weighted by molar-refractivity contribution is 7.11. The first-order valence-electron chi connectivity index (χ1n) is 4.80. The molecule has 0 atom stereocenters. The van der Waals surface area contributed by atoms with Gasteiger partial charge >= 0.3 is 5.97 Å². The first-order valence-corrected chi connectivity index (χ1v) is 6.06. The maximum atomic E-state index is 11.7. The summed E-state index contributed by atoms with van der Waals surface area (Å²) in [5.74, 6) is -1.42. The minimum atomic E-state index is -1.11. The first-order chi connectivity index (χ1) is 8.58. The van der Waals surface area contributed by atoms with Crippen LogP contribution in [0.5, 0.6) is 0 Å². The number of carboxylic acids is 1. The first kappa shape index (κ1) is 12.5. The number of aromatic nitrogens is 1. The lowest BCUT2D eigenvalue weighted by atomic mass is 10.2. The molecule has 5 nitrogen and oxygen atoms in total. The number of halogens is 1. The number of nitrogens with zero attached hydrogens (tertiary/aromatic N) is 1. The van der Waals surface area contributed by atoms with Gasteiger partial charge in [0.25, 0.3) is 5.91 Å². The lowest BCUT2D eigenvalue weighted by Crippen LogP contribution is -2.10. The van der Waals surface area contributed by atoms with Gasteiger partial charge in [0.05, 0.1) is 22.3 Å². The summed E-state index contributed by atoms with van der Waals surface area (Å²) in [7, 11) is 0. The molecule has 92 valence electrons. The van der Waals surface area contributed by atoms with Crippen LogP contribution in [0.4, 0.5) is 5.69 Å². The fraction of sp³-hybridized carbons (Fsp3) is 0. The van der Waals surface area contributed by atoms with Crippen LogP contribution in [-0.2, 0) is 0 Å². The number of nitrogens with one attached hydrogen (secondary N) is 1. The zero-order valence-corrected chi connectivity index (χ0v) is 10.5. The SMILES string of the molecule is O=C(Nc1ccc(C(=O)O)c(Cl)c1)c1cncs1. The predicted molar refractivity (Wildman–Crippen MR) is 68.5 cm³/mol. The quantitative estimate of drug-likeness (QED) is 0.907. The van der Waals surface area contributed by atoms with Crippen molar-refractivity contribution in [3.8, 4) is 0 Å². The van der Waals surface area contributed by atoms with E-state index >= 15 is 0 Å². The Morgan fingerprint density at radius 1 is 1.39 bits per heavy atom. The number of amides is 1. The molecule has 1 aromatic carbocycles. The van der Waals surface area contributed by atoms with Gasteiger partial charge in [0, 0.05) is 5.69 Å². The largest absolute Gasteiger partial charge is 0.478 e. The van der Waals surface area contributed by atoms with E-state index in [4.69, 9.17) is 16.7 Å².